The maximum Gasteiger partial charge on any atom is 0.137 e. The maximum atomic E-state index is 4.25. The van der Waals surface area contributed by atoms with Gasteiger partial charge in [-0.3, -0.25) is 0 Å². The van der Waals surface area contributed by atoms with Crippen molar-refractivity contribution in [1.82, 2.24) is 19.7 Å². The summed E-state index contributed by atoms with van der Waals surface area (Å²) in [4.78, 5) is 8.19. The molecule has 6 heteroatoms. The lowest BCUT2D eigenvalue weighted by molar-refractivity contribution is 0.685. The fraction of sp³-hybridized carbons (Fsp3) is 0.154. The van der Waals surface area contributed by atoms with E-state index in [1.165, 1.54) is 5.56 Å². The van der Waals surface area contributed by atoms with Crippen LogP contribution in [-0.4, -0.2) is 19.7 Å². The number of thiazole rings is 1. The van der Waals surface area contributed by atoms with Gasteiger partial charge in [0.15, 0.2) is 0 Å². The molecule has 0 aliphatic carbocycles. The molecule has 0 radical (unpaired) electrons. The van der Waals surface area contributed by atoms with Gasteiger partial charge in [0.2, 0.25) is 0 Å². The van der Waals surface area contributed by atoms with Crippen molar-refractivity contribution in [2.45, 2.75) is 13.1 Å². The van der Waals surface area contributed by atoms with E-state index in [1.54, 1.807) is 28.7 Å². The molecule has 0 saturated carbocycles. The summed E-state index contributed by atoms with van der Waals surface area (Å²) in [6, 6.07) is 8.29. The Morgan fingerprint density at radius 1 is 1.32 bits per heavy atom. The Balaban J connectivity index is 1.66. The number of benzene rings is 1. The summed E-state index contributed by atoms with van der Waals surface area (Å²) in [6.45, 7) is 1.48. The lowest BCUT2D eigenvalue weighted by atomic mass is 10.2. The molecule has 0 bridgehead atoms. The Morgan fingerprint density at radius 3 is 3.11 bits per heavy atom. The van der Waals surface area contributed by atoms with Crippen molar-refractivity contribution >= 4 is 17.0 Å². The predicted molar refractivity (Wildman–Crippen MR) is 75.0 cm³/mol. The van der Waals surface area contributed by atoms with Gasteiger partial charge in [-0.2, -0.15) is 5.10 Å². The number of anilines is 1. The summed E-state index contributed by atoms with van der Waals surface area (Å²) in [6.07, 6.45) is 5.09. The molecule has 0 aliphatic heterocycles. The molecular formula is C13H13N5S. The molecule has 0 fully saturated rings. The second-order valence-electron chi connectivity index (χ2n) is 4.07. The minimum Gasteiger partial charge on any atom is -0.379 e. The van der Waals surface area contributed by atoms with Crippen LogP contribution in [0.25, 0.3) is 0 Å². The quantitative estimate of drug-likeness (QED) is 0.774. The monoisotopic (exact) mass is 271 g/mol. The van der Waals surface area contributed by atoms with Crippen LogP contribution in [0.4, 0.5) is 5.69 Å². The van der Waals surface area contributed by atoms with Crippen molar-refractivity contribution in [3.63, 3.8) is 0 Å². The van der Waals surface area contributed by atoms with E-state index in [0.29, 0.717) is 0 Å². The first-order chi connectivity index (χ1) is 9.40. The molecule has 0 amide bonds. The molecule has 3 aromatic rings. The van der Waals surface area contributed by atoms with Gasteiger partial charge in [-0.25, -0.2) is 14.6 Å². The van der Waals surface area contributed by atoms with Gasteiger partial charge in [0.1, 0.15) is 17.7 Å². The lowest BCUT2D eigenvalue weighted by Crippen LogP contribution is -2.02. The first-order valence-electron chi connectivity index (χ1n) is 5.94. The first-order valence-corrected chi connectivity index (χ1v) is 6.82. The zero-order chi connectivity index (χ0) is 12.9. The minimum absolute atomic E-state index is 0.729. The van der Waals surface area contributed by atoms with Crippen molar-refractivity contribution < 1.29 is 0 Å². The molecule has 2 heterocycles. The highest BCUT2D eigenvalue weighted by Crippen LogP contribution is 2.13. The molecule has 5 nitrogen and oxygen atoms in total. The van der Waals surface area contributed by atoms with Crippen molar-refractivity contribution in [1.29, 1.82) is 0 Å². The zero-order valence-corrected chi connectivity index (χ0v) is 11.0. The number of hydrogen-bond donors (Lipinski definition) is 1. The number of aromatic nitrogens is 4. The van der Waals surface area contributed by atoms with Crippen molar-refractivity contribution in [3.8, 4) is 0 Å². The topological polar surface area (TPSA) is 55.6 Å². The molecule has 1 N–H and O–H groups in total. The van der Waals surface area contributed by atoms with Crippen LogP contribution >= 0.6 is 11.3 Å². The molecular weight excluding hydrogens is 258 g/mol. The lowest BCUT2D eigenvalue weighted by Gasteiger charge is -2.07. The van der Waals surface area contributed by atoms with Crippen LogP contribution in [0.2, 0.25) is 0 Å². The van der Waals surface area contributed by atoms with E-state index < -0.39 is 0 Å². The molecule has 3 rings (SSSR count). The SMILES string of the molecule is c1cc(Cn2cncn2)cc(NCc2nccs2)c1. The van der Waals surface area contributed by atoms with Gasteiger partial charge in [-0.15, -0.1) is 11.3 Å². The normalized spacial score (nSPS) is 10.5. The summed E-state index contributed by atoms with van der Waals surface area (Å²) < 4.78 is 1.81. The van der Waals surface area contributed by atoms with Gasteiger partial charge in [-0.05, 0) is 17.7 Å². The van der Waals surface area contributed by atoms with Gasteiger partial charge < -0.3 is 5.32 Å². The molecule has 0 atom stereocenters. The molecule has 2 aromatic heterocycles. The second-order valence-corrected chi connectivity index (χ2v) is 5.05. The van der Waals surface area contributed by atoms with Crippen LogP contribution in [0.5, 0.6) is 0 Å². The Bertz CT molecular complexity index is 618. The van der Waals surface area contributed by atoms with Crippen molar-refractivity contribution in [2.75, 3.05) is 5.32 Å². The van der Waals surface area contributed by atoms with E-state index in [4.69, 9.17) is 0 Å². The van der Waals surface area contributed by atoms with E-state index >= 15 is 0 Å². The van der Waals surface area contributed by atoms with Gasteiger partial charge >= 0.3 is 0 Å². The van der Waals surface area contributed by atoms with Crippen molar-refractivity contribution in [3.05, 3.63) is 59.1 Å². The first kappa shape index (κ1) is 11.9. The largest absolute Gasteiger partial charge is 0.379 e. The molecule has 19 heavy (non-hydrogen) atoms. The van der Waals surface area contributed by atoms with Gasteiger partial charge in [0.05, 0.1) is 13.1 Å². The summed E-state index contributed by atoms with van der Waals surface area (Å²) in [5.74, 6) is 0. The maximum absolute atomic E-state index is 4.25. The Labute approximate surface area is 115 Å². The Hall–Kier alpha value is -2.21. The van der Waals surface area contributed by atoms with E-state index in [9.17, 15) is 0 Å². The van der Waals surface area contributed by atoms with Gasteiger partial charge in [0, 0.05) is 17.3 Å². The third-order valence-electron chi connectivity index (χ3n) is 2.67. The van der Waals surface area contributed by atoms with E-state index in [-0.39, 0.29) is 0 Å². The average molecular weight is 271 g/mol. The smallest absolute Gasteiger partial charge is 0.137 e. The number of rotatable bonds is 5. The molecule has 0 saturated heterocycles. The summed E-state index contributed by atoms with van der Waals surface area (Å²) in [5, 5.41) is 10.5. The fourth-order valence-electron chi connectivity index (χ4n) is 1.80. The summed E-state index contributed by atoms with van der Waals surface area (Å²) in [7, 11) is 0. The van der Waals surface area contributed by atoms with Crippen LogP contribution < -0.4 is 5.32 Å². The van der Waals surface area contributed by atoms with E-state index in [0.717, 1.165) is 23.8 Å². The molecule has 0 spiro atoms. The number of hydrogen-bond acceptors (Lipinski definition) is 5. The van der Waals surface area contributed by atoms with Crippen LogP contribution in [0.3, 0.4) is 0 Å². The number of nitrogens with zero attached hydrogens (tertiary/aromatic N) is 4. The van der Waals surface area contributed by atoms with Crippen LogP contribution in [0, 0.1) is 0 Å². The zero-order valence-electron chi connectivity index (χ0n) is 10.2. The summed E-state index contributed by atoms with van der Waals surface area (Å²) >= 11 is 1.65. The van der Waals surface area contributed by atoms with Gasteiger partial charge in [0.25, 0.3) is 0 Å². The van der Waals surface area contributed by atoms with Crippen molar-refractivity contribution in [2.24, 2.45) is 0 Å². The third kappa shape index (κ3) is 3.17. The number of nitrogens with one attached hydrogen (secondary N) is 1. The van der Waals surface area contributed by atoms with Crippen LogP contribution in [0.1, 0.15) is 10.6 Å². The molecule has 96 valence electrons. The Morgan fingerprint density at radius 2 is 2.32 bits per heavy atom. The minimum atomic E-state index is 0.729. The highest BCUT2D eigenvalue weighted by atomic mass is 32.1. The summed E-state index contributed by atoms with van der Waals surface area (Å²) in [5.41, 5.74) is 2.28. The van der Waals surface area contributed by atoms with E-state index in [1.807, 2.05) is 17.6 Å². The van der Waals surface area contributed by atoms with Crippen LogP contribution in [0.15, 0.2) is 48.5 Å². The second kappa shape index (κ2) is 5.62. The highest BCUT2D eigenvalue weighted by Gasteiger charge is 1.99. The molecule has 1 aromatic carbocycles. The Kier molecular flexibility index (Phi) is 3.51. The van der Waals surface area contributed by atoms with E-state index in [2.05, 4.69) is 38.6 Å². The van der Waals surface area contributed by atoms with Gasteiger partial charge in [-0.1, -0.05) is 12.1 Å². The average Bonchev–Trinajstić information content (AvgIpc) is 3.10. The molecule has 0 unspecified atom stereocenters. The van der Waals surface area contributed by atoms with Crippen LogP contribution in [-0.2, 0) is 13.1 Å². The fourth-order valence-corrected chi connectivity index (χ4v) is 2.36. The third-order valence-corrected chi connectivity index (χ3v) is 3.44. The predicted octanol–water partition coefficient (Wildman–Crippen LogP) is 2.40. The standard InChI is InChI=1S/C13H13N5S/c1-2-11(8-18-10-14-9-17-18)6-12(3-1)16-7-13-15-4-5-19-13/h1-6,9-10,16H,7-8H2. The molecule has 0 aliphatic rings. The highest BCUT2D eigenvalue weighted by molar-refractivity contribution is 7.09.